The molecule has 6 aromatic carbocycles. The average molecular weight is 2240 g/mol. The number of thiophene rings is 3. The minimum Gasteiger partial charge on any atom is -0.305 e. The fraction of sp³-hybridized carbons (Fsp3) is 0.229. The van der Waals surface area contributed by atoms with Crippen molar-refractivity contribution < 1.29 is 60.3 Å². The van der Waals surface area contributed by atoms with Crippen LogP contribution >= 0.6 is 34.0 Å². The fourth-order valence-corrected chi connectivity index (χ4v) is 24.9. The van der Waals surface area contributed by atoms with Crippen molar-refractivity contribution in [2.45, 2.75) is 157 Å². The van der Waals surface area contributed by atoms with Gasteiger partial charge in [0.15, 0.2) is 0 Å². The van der Waals surface area contributed by atoms with E-state index in [1.165, 1.54) is 126 Å². The maximum Gasteiger partial charge on any atom is 0.114 e. The first kappa shape index (κ1) is 91.6. The second-order valence-corrected chi connectivity index (χ2v) is 52.6. The summed E-state index contributed by atoms with van der Waals surface area (Å²) in [5, 5.41) is 12.3. The number of nitrogens with zero attached hydrogens (tertiary/aromatic N) is 9. The van der Waals surface area contributed by atoms with Crippen molar-refractivity contribution in [3.05, 3.63) is 324 Å². The molecular formula is C105H99Ir3N9S3Si3-6. The molecule has 0 N–H and O–H groups in total. The van der Waals surface area contributed by atoms with E-state index in [-0.39, 0.29) is 60.3 Å². The van der Waals surface area contributed by atoms with Crippen LogP contribution in [0, 0.1) is 57.2 Å². The Morgan fingerprint density at radius 2 is 0.650 bits per heavy atom. The van der Waals surface area contributed by atoms with Gasteiger partial charge in [0.2, 0.25) is 0 Å². The van der Waals surface area contributed by atoms with Crippen LogP contribution in [0.2, 0.25) is 58.9 Å². The molecule has 0 saturated carbocycles. The third-order valence-electron chi connectivity index (χ3n) is 22.6. The van der Waals surface area contributed by atoms with Gasteiger partial charge in [0.25, 0.3) is 0 Å². The van der Waals surface area contributed by atoms with E-state index in [0.717, 1.165) is 114 Å². The monoisotopic (exact) mass is 2240 g/mol. The number of aryl methyl sites for hydroxylation is 3. The first-order chi connectivity index (χ1) is 58.2. The zero-order chi connectivity index (χ0) is 83.1. The smallest absolute Gasteiger partial charge is 0.114 e. The van der Waals surface area contributed by atoms with Crippen molar-refractivity contribution in [1.29, 1.82) is 0 Å². The molecule has 3 radical (unpaired) electrons. The van der Waals surface area contributed by atoms with E-state index in [4.69, 9.17) is 19.9 Å². The van der Waals surface area contributed by atoms with E-state index in [2.05, 4.69) is 220 Å². The summed E-state index contributed by atoms with van der Waals surface area (Å²) in [5.41, 5.74) is 25.4. The van der Waals surface area contributed by atoms with E-state index in [1.807, 2.05) is 151 Å². The van der Waals surface area contributed by atoms with Crippen LogP contribution in [0.3, 0.4) is 0 Å². The number of hydrogen-bond donors (Lipinski definition) is 0. The molecule has 0 spiro atoms. The van der Waals surface area contributed by atoms with Crippen molar-refractivity contribution in [2.75, 3.05) is 0 Å². The molecule has 627 valence electrons. The van der Waals surface area contributed by atoms with Crippen molar-refractivity contribution in [3.63, 3.8) is 0 Å². The Morgan fingerprint density at radius 3 is 1.02 bits per heavy atom. The van der Waals surface area contributed by atoms with Gasteiger partial charge in [-0.15, -0.1) is 179 Å². The molecule has 0 atom stereocenters. The first-order valence-electron chi connectivity index (χ1n) is 42.0. The number of fused-ring (bicyclic) bond motifs is 12. The Kier molecular flexibility index (Phi) is 30.5. The summed E-state index contributed by atoms with van der Waals surface area (Å²) >= 11 is 5.33. The summed E-state index contributed by atoms with van der Waals surface area (Å²) in [5.74, 6) is 0. The summed E-state index contributed by atoms with van der Waals surface area (Å²) in [4.78, 5) is 43.8. The largest absolute Gasteiger partial charge is 0.305 e. The normalized spacial score (nSPS) is 12.8. The molecule has 12 heterocycles. The SMILES string of the molecule is C[Si](C)(C)c1cnc(-c2[c-]cc3sc4ncccc4c3c2)c2c1CCCC2.Cc1cc2c(sc3c[c-]c(-c4ncc([Si](C)(C)C)c5c4CCCC5)cc32)c(C)n1.Cc1ccc2c(n1)sc1c[c-]c(-c3ncc([Si](C)(C)C)c4c3CCCC4)cc12.[Ir].[Ir].[Ir].[c-]1ccccc1-c1ccccn1.[c-]1ccccc1-c1ccccn1.[c-]1ccccc1-c1ccccn1. The number of benzene rings is 6. The molecule has 0 saturated heterocycles. The maximum atomic E-state index is 5.03. The predicted octanol–water partition coefficient (Wildman–Crippen LogP) is 25.8. The van der Waals surface area contributed by atoms with Gasteiger partial charge in [0, 0.05) is 120 Å². The van der Waals surface area contributed by atoms with E-state index in [0.29, 0.717) is 0 Å². The van der Waals surface area contributed by atoms with Crippen molar-refractivity contribution in [3.8, 4) is 67.5 Å². The van der Waals surface area contributed by atoms with Crippen molar-refractivity contribution >= 4 is 135 Å². The molecule has 12 aromatic heterocycles. The van der Waals surface area contributed by atoms with Crippen LogP contribution in [0.25, 0.3) is 128 Å². The van der Waals surface area contributed by atoms with Crippen molar-refractivity contribution in [2.24, 2.45) is 0 Å². The van der Waals surface area contributed by atoms with Crippen molar-refractivity contribution in [1.82, 2.24) is 44.9 Å². The quantitative estimate of drug-likeness (QED) is 0.103. The van der Waals surface area contributed by atoms with Crippen LogP contribution in [0.1, 0.15) is 89.0 Å². The van der Waals surface area contributed by atoms with Gasteiger partial charge in [-0.3, -0.25) is 4.98 Å². The molecule has 0 unspecified atom stereocenters. The summed E-state index contributed by atoms with van der Waals surface area (Å²) < 4.78 is 5.08. The number of pyridine rings is 9. The Labute approximate surface area is 780 Å². The van der Waals surface area contributed by atoms with Crippen LogP contribution in [-0.4, -0.2) is 69.1 Å². The van der Waals surface area contributed by atoms with E-state index >= 15 is 0 Å². The molecule has 3 aliphatic rings. The summed E-state index contributed by atoms with van der Waals surface area (Å²) in [6.07, 6.45) is 28.6. The molecule has 0 bridgehead atoms. The molecule has 0 fully saturated rings. The molecular weight excluding hydrogens is 2140 g/mol. The minimum atomic E-state index is -1.40. The Balaban J connectivity index is 0.000000131. The summed E-state index contributed by atoms with van der Waals surface area (Å²) in [6, 6.07) is 85.1. The van der Waals surface area contributed by atoms with Gasteiger partial charge in [-0.2, -0.15) is 34.0 Å². The van der Waals surface area contributed by atoms with Gasteiger partial charge in [-0.25, -0.2) is 9.97 Å². The topological polar surface area (TPSA) is 116 Å². The number of rotatable bonds is 9. The molecule has 18 heteroatoms. The van der Waals surface area contributed by atoms with Crippen LogP contribution in [0.5, 0.6) is 0 Å². The van der Waals surface area contributed by atoms with Gasteiger partial charge in [-0.05, 0) is 214 Å². The van der Waals surface area contributed by atoms with E-state index < -0.39 is 24.2 Å². The third-order valence-corrected chi connectivity index (χ3v) is 32.2. The van der Waals surface area contributed by atoms with Crippen LogP contribution in [-0.2, 0) is 98.8 Å². The summed E-state index contributed by atoms with van der Waals surface area (Å²) in [7, 11) is -4.17. The molecule has 18 aromatic rings. The molecule has 9 nitrogen and oxygen atoms in total. The molecule has 123 heavy (non-hydrogen) atoms. The molecule has 0 aliphatic heterocycles. The Bertz CT molecular complexity index is 6370. The molecule has 3 aliphatic carbocycles. The molecule has 21 rings (SSSR count). The van der Waals surface area contributed by atoms with Gasteiger partial charge < -0.3 is 29.9 Å². The number of aromatic nitrogens is 9. The Morgan fingerprint density at radius 1 is 0.293 bits per heavy atom. The zero-order valence-corrected chi connectivity index (χ0v) is 84.4. The third kappa shape index (κ3) is 21.2. The van der Waals surface area contributed by atoms with E-state index in [9.17, 15) is 0 Å². The minimum absolute atomic E-state index is 0. The zero-order valence-electron chi connectivity index (χ0n) is 71.8. The standard InChI is InChI=1S/C25H27N2SSi.C24H25N2SSi.C23H23N2SSi.3C11H8N.3Ir/c1-15-12-21-20-13-17(10-11-22(20)28-25(21)16(2)27-15)24-19-9-7-6-8-18(19)23(14-26-24)29(3,4)5;1-15-9-11-19-20-13-16(10-12-21(20)27-24(19)26-15)23-18-8-6-5-7-17(18)22(14-25-23)28(2,3)4;1-27(2,3)21-14-25-22(17-8-5-4-7-16(17)21)15-10-11-20-19(13-15)18-9-6-12-24-23(18)26-20;3*1-2-6-10(7-3-1)11-8-4-5-9-12-11;;;/h11-14H,6-9H2,1-5H3;9,11-14H,5-8H2,1-4H3;6,9,11-14H,4-5,7-8H2,1-3H3;3*1-6,8-9H;;;/q6*-1;;;. The van der Waals surface area contributed by atoms with Gasteiger partial charge in [-0.1, -0.05) is 157 Å². The van der Waals surface area contributed by atoms with E-state index in [1.54, 1.807) is 73.5 Å². The van der Waals surface area contributed by atoms with Gasteiger partial charge in [0.1, 0.15) is 9.66 Å². The first-order valence-corrected chi connectivity index (χ1v) is 54.9. The number of hydrogen-bond acceptors (Lipinski definition) is 12. The average Bonchev–Trinajstić information content (AvgIpc) is 1.71. The predicted molar refractivity (Wildman–Crippen MR) is 516 cm³/mol. The second-order valence-electron chi connectivity index (χ2n) is 34.3. The van der Waals surface area contributed by atoms with Crippen LogP contribution in [0.15, 0.2) is 238 Å². The maximum absolute atomic E-state index is 5.03. The Hall–Kier alpha value is -9.07. The fourth-order valence-electron chi connectivity index (χ4n) is 16.8. The molecule has 0 amide bonds. The van der Waals surface area contributed by atoms with Gasteiger partial charge in [0.05, 0.1) is 29.9 Å². The van der Waals surface area contributed by atoms with Crippen LogP contribution in [0.4, 0.5) is 0 Å². The van der Waals surface area contributed by atoms with Crippen LogP contribution < -0.4 is 15.6 Å². The van der Waals surface area contributed by atoms with Gasteiger partial charge >= 0.3 is 0 Å². The second kappa shape index (κ2) is 40.9. The summed E-state index contributed by atoms with van der Waals surface area (Å²) in [6.45, 7) is 28.2.